The highest BCUT2D eigenvalue weighted by atomic mass is 19.4. The van der Waals surface area contributed by atoms with Gasteiger partial charge in [-0.2, -0.15) is 31.4 Å². The van der Waals surface area contributed by atoms with E-state index in [1.54, 1.807) is 6.26 Å². The molecule has 1 fully saturated rings. The van der Waals surface area contributed by atoms with Gasteiger partial charge in [-0.1, -0.05) is 0 Å². The van der Waals surface area contributed by atoms with Crippen LogP contribution in [0.15, 0.2) is 29.2 Å². The number of ether oxygens (including phenoxy) is 1. The van der Waals surface area contributed by atoms with Crippen LogP contribution in [0.1, 0.15) is 35.6 Å². The maximum Gasteiger partial charge on any atom is 0.490 e. The van der Waals surface area contributed by atoms with Gasteiger partial charge >= 0.3 is 24.3 Å². The third kappa shape index (κ3) is 9.53. The van der Waals surface area contributed by atoms with E-state index in [0.29, 0.717) is 5.92 Å². The normalized spacial score (nSPS) is 17.8. The molecule has 2 aliphatic rings. The molecule has 2 aromatic rings. The Morgan fingerprint density at radius 1 is 1.11 bits per heavy atom. The van der Waals surface area contributed by atoms with E-state index < -0.39 is 24.3 Å². The highest BCUT2D eigenvalue weighted by Gasteiger charge is 2.39. The quantitative estimate of drug-likeness (QED) is 0.543. The molecule has 2 N–H and O–H groups in total. The van der Waals surface area contributed by atoms with Crippen LogP contribution in [-0.4, -0.2) is 68.9 Å². The minimum Gasteiger partial charge on any atom is -0.475 e. The lowest BCUT2D eigenvalue weighted by Crippen LogP contribution is -2.35. The molecule has 0 aromatic carbocycles. The Balaban J connectivity index is 0.000000271. The highest BCUT2D eigenvalue weighted by Crippen LogP contribution is 2.32. The molecule has 2 aromatic heterocycles. The number of alkyl halides is 6. The summed E-state index contributed by atoms with van der Waals surface area (Å²) in [5.74, 6) is -4.29. The molecule has 15 heteroatoms. The molecule has 1 atom stereocenters. The Morgan fingerprint density at radius 3 is 2.17 bits per heavy atom. The van der Waals surface area contributed by atoms with Crippen LogP contribution in [0.5, 0.6) is 0 Å². The Bertz CT molecular complexity index is 961. The van der Waals surface area contributed by atoms with E-state index in [1.807, 2.05) is 30.3 Å². The van der Waals surface area contributed by atoms with Gasteiger partial charge in [0.1, 0.15) is 0 Å². The molecule has 1 saturated carbocycles. The lowest BCUT2D eigenvalue weighted by atomic mass is 9.96. The number of furan rings is 1. The molecule has 0 spiro atoms. The average molecular weight is 529 g/mol. The van der Waals surface area contributed by atoms with Gasteiger partial charge in [0.2, 0.25) is 0 Å². The predicted octanol–water partition coefficient (Wildman–Crippen LogP) is 3.81. The van der Waals surface area contributed by atoms with Crippen LogP contribution in [0.2, 0.25) is 0 Å². The van der Waals surface area contributed by atoms with Crippen molar-refractivity contribution in [3.05, 3.63) is 41.6 Å². The molecule has 3 heterocycles. The van der Waals surface area contributed by atoms with E-state index in [9.17, 15) is 26.3 Å². The zero-order valence-corrected chi connectivity index (χ0v) is 19.1. The number of hydrogen-bond donors (Lipinski definition) is 2. The van der Waals surface area contributed by atoms with Crippen molar-refractivity contribution in [3.63, 3.8) is 0 Å². The van der Waals surface area contributed by atoms with Crippen molar-refractivity contribution in [2.75, 3.05) is 19.8 Å². The van der Waals surface area contributed by atoms with Gasteiger partial charge in [-0.3, -0.25) is 9.58 Å². The largest absolute Gasteiger partial charge is 0.490 e. The Kier molecular flexibility index (Phi) is 9.93. The molecule has 9 nitrogen and oxygen atoms in total. The van der Waals surface area contributed by atoms with E-state index in [-0.39, 0.29) is 0 Å². The Labute approximate surface area is 201 Å². The van der Waals surface area contributed by atoms with Crippen LogP contribution in [0.4, 0.5) is 26.3 Å². The molecular weight excluding hydrogens is 504 g/mol. The van der Waals surface area contributed by atoms with E-state index in [2.05, 4.69) is 10.00 Å². The van der Waals surface area contributed by atoms with Crippen LogP contribution in [0.3, 0.4) is 0 Å². The van der Waals surface area contributed by atoms with Crippen LogP contribution in [0.25, 0.3) is 0 Å². The average Bonchev–Trinajstić information content (AvgIpc) is 3.30. The number of carboxylic acids is 2. The van der Waals surface area contributed by atoms with Crippen molar-refractivity contribution < 1.29 is 55.3 Å². The lowest BCUT2D eigenvalue weighted by Gasteiger charge is -2.32. The van der Waals surface area contributed by atoms with Crippen molar-refractivity contribution in [2.45, 2.75) is 44.2 Å². The van der Waals surface area contributed by atoms with Crippen molar-refractivity contribution in [1.82, 2.24) is 14.7 Å². The SMILES string of the molecule is Cn1ncc2c1C(COCC1CC1)CN(Cc1ccoc1)C2.O=C(O)C(F)(F)F.O=C(O)C(F)(F)F. The fourth-order valence-corrected chi connectivity index (χ4v) is 3.40. The molecule has 0 bridgehead atoms. The number of aryl methyl sites for hydroxylation is 1. The first kappa shape index (κ1) is 29.2. The zero-order chi connectivity index (χ0) is 27.1. The third-order valence-electron chi connectivity index (χ3n) is 5.16. The van der Waals surface area contributed by atoms with E-state index in [1.165, 1.54) is 29.7 Å². The predicted molar refractivity (Wildman–Crippen MR) is 110 cm³/mol. The van der Waals surface area contributed by atoms with Gasteiger partial charge < -0.3 is 19.4 Å². The maximum atomic E-state index is 10.6. The number of carboxylic acid groups (broad SMARTS) is 2. The van der Waals surface area contributed by atoms with Crippen LogP contribution in [-0.2, 0) is 34.5 Å². The summed E-state index contributed by atoms with van der Waals surface area (Å²) in [6, 6.07) is 2.04. The fraction of sp³-hybridized carbons (Fsp3) is 0.571. The molecule has 1 aliphatic carbocycles. The second-order valence-electron chi connectivity index (χ2n) is 8.26. The van der Waals surface area contributed by atoms with Crippen LogP contribution in [0, 0.1) is 5.92 Å². The number of aliphatic carboxylic acids is 2. The fourth-order valence-electron chi connectivity index (χ4n) is 3.40. The molecule has 1 aliphatic heterocycles. The third-order valence-corrected chi connectivity index (χ3v) is 5.16. The summed E-state index contributed by atoms with van der Waals surface area (Å²) < 4.78 is 76.7. The molecule has 4 rings (SSSR count). The summed E-state index contributed by atoms with van der Waals surface area (Å²) in [6.45, 7) is 4.61. The van der Waals surface area contributed by atoms with Gasteiger partial charge in [0.25, 0.3) is 0 Å². The summed E-state index contributed by atoms with van der Waals surface area (Å²) in [6.07, 6.45) is -1.91. The van der Waals surface area contributed by atoms with E-state index in [4.69, 9.17) is 29.0 Å². The van der Waals surface area contributed by atoms with Crippen molar-refractivity contribution >= 4 is 11.9 Å². The summed E-state index contributed by atoms with van der Waals surface area (Å²) >= 11 is 0. The Morgan fingerprint density at radius 2 is 1.69 bits per heavy atom. The first-order valence-corrected chi connectivity index (χ1v) is 10.6. The molecular formula is C21H25F6N3O6. The lowest BCUT2D eigenvalue weighted by molar-refractivity contribution is -0.193. The smallest absolute Gasteiger partial charge is 0.475 e. The number of rotatable bonds is 6. The topological polar surface area (TPSA) is 118 Å². The van der Waals surface area contributed by atoms with Gasteiger partial charge in [-0.05, 0) is 24.8 Å². The number of fused-ring (bicyclic) bond motifs is 1. The molecule has 36 heavy (non-hydrogen) atoms. The van der Waals surface area contributed by atoms with Crippen molar-refractivity contribution in [1.29, 1.82) is 0 Å². The summed E-state index contributed by atoms with van der Waals surface area (Å²) in [7, 11) is 2.04. The van der Waals surface area contributed by atoms with Gasteiger partial charge in [-0.25, -0.2) is 9.59 Å². The van der Waals surface area contributed by atoms with Crippen LogP contribution < -0.4 is 0 Å². The maximum absolute atomic E-state index is 10.6. The van der Waals surface area contributed by atoms with E-state index >= 15 is 0 Å². The highest BCUT2D eigenvalue weighted by molar-refractivity contribution is 5.73. The van der Waals surface area contributed by atoms with Gasteiger partial charge in [0.05, 0.1) is 25.3 Å². The summed E-state index contributed by atoms with van der Waals surface area (Å²) in [5, 5.41) is 18.7. The van der Waals surface area contributed by atoms with Crippen molar-refractivity contribution in [2.24, 2.45) is 13.0 Å². The van der Waals surface area contributed by atoms with E-state index in [0.717, 1.165) is 38.8 Å². The summed E-state index contributed by atoms with van der Waals surface area (Å²) in [5.41, 5.74) is 3.90. The number of halogens is 6. The molecule has 0 amide bonds. The minimum absolute atomic E-state index is 0.405. The summed E-state index contributed by atoms with van der Waals surface area (Å²) in [4.78, 5) is 20.3. The minimum atomic E-state index is -5.08. The first-order valence-electron chi connectivity index (χ1n) is 10.6. The Hall–Kier alpha value is -3.07. The first-order chi connectivity index (χ1) is 16.7. The molecule has 202 valence electrons. The number of carbonyl (C=O) groups is 2. The zero-order valence-electron chi connectivity index (χ0n) is 19.1. The van der Waals surface area contributed by atoms with Crippen LogP contribution >= 0.6 is 0 Å². The van der Waals surface area contributed by atoms with Gasteiger partial charge in [0, 0.05) is 56.0 Å². The monoisotopic (exact) mass is 529 g/mol. The van der Waals surface area contributed by atoms with Crippen molar-refractivity contribution in [3.8, 4) is 0 Å². The number of aromatic nitrogens is 2. The van der Waals surface area contributed by atoms with Gasteiger partial charge in [0.15, 0.2) is 0 Å². The van der Waals surface area contributed by atoms with Gasteiger partial charge in [-0.15, -0.1) is 0 Å². The second-order valence-corrected chi connectivity index (χ2v) is 8.26. The molecule has 1 unspecified atom stereocenters. The second kappa shape index (κ2) is 12.3. The standard InChI is InChI=1S/C17H23N3O2.2C2HF3O2/c1-19-17-15(6-18-19)8-20(7-14-4-5-21-11-14)9-16(17)12-22-10-13-2-3-13;2*3-2(4,5)1(6)7/h4-6,11,13,16H,2-3,7-10,12H2,1H3;2*(H,6,7). The molecule has 0 radical (unpaired) electrons. The number of nitrogens with zero attached hydrogens (tertiary/aromatic N) is 3. The molecule has 0 saturated heterocycles. The number of hydrogen-bond acceptors (Lipinski definition) is 6.